The zero-order valence-electron chi connectivity index (χ0n) is 17.1. The second-order valence-corrected chi connectivity index (χ2v) is 7.50. The highest BCUT2D eigenvalue weighted by molar-refractivity contribution is 5.85. The van der Waals surface area contributed by atoms with Gasteiger partial charge < -0.3 is 14.2 Å². The van der Waals surface area contributed by atoms with Gasteiger partial charge in [0.05, 0.1) is 12.2 Å². The fourth-order valence-corrected chi connectivity index (χ4v) is 3.90. The molecule has 4 aromatic rings. The quantitative estimate of drug-likeness (QED) is 0.551. The first-order valence-electron chi connectivity index (χ1n) is 9.98. The number of ether oxygens (including phenoxy) is 1. The van der Waals surface area contributed by atoms with Crippen LogP contribution in [-0.2, 0) is 11.8 Å². The van der Waals surface area contributed by atoms with E-state index in [0.29, 0.717) is 36.6 Å². The number of likely N-dealkylation sites (tertiary alicyclic amines) is 1. The van der Waals surface area contributed by atoms with Gasteiger partial charge in [-0.05, 0) is 13.0 Å². The van der Waals surface area contributed by atoms with E-state index in [0.717, 1.165) is 34.5 Å². The number of nitrogens with one attached hydrogen (secondary N) is 1. The number of nitrogens with zero attached hydrogens (tertiary/aromatic N) is 7. The highest BCUT2D eigenvalue weighted by atomic mass is 16.5. The molecule has 1 N–H and O–H groups in total. The summed E-state index contributed by atoms with van der Waals surface area (Å²) in [4.78, 5) is 31.7. The number of hydrogen-bond acceptors (Lipinski definition) is 7. The molecule has 0 saturated carbocycles. The summed E-state index contributed by atoms with van der Waals surface area (Å²) in [5.41, 5.74) is 3.76. The van der Waals surface area contributed by atoms with Gasteiger partial charge in [0.25, 0.3) is 0 Å². The molecule has 0 aliphatic carbocycles. The van der Waals surface area contributed by atoms with E-state index in [4.69, 9.17) is 9.72 Å². The molecule has 0 aromatic carbocycles. The molecule has 1 saturated heterocycles. The number of pyridine rings is 1. The highest BCUT2D eigenvalue weighted by Gasteiger charge is 2.28. The maximum atomic E-state index is 11.9. The lowest BCUT2D eigenvalue weighted by Crippen LogP contribution is -2.30. The van der Waals surface area contributed by atoms with Gasteiger partial charge >= 0.3 is 0 Å². The Kier molecular flexibility index (Phi) is 4.34. The summed E-state index contributed by atoms with van der Waals surface area (Å²) in [6, 6.07) is 2.02. The van der Waals surface area contributed by atoms with Crippen LogP contribution in [0, 0.1) is 6.92 Å². The molecular weight excluding hydrogens is 384 g/mol. The number of carbonyl (C=O) groups is 1. The van der Waals surface area contributed by atoms with Crippen LogP contribution in [0.3, 0.4) is 0 Å². The Labute approximate surface area is 172 Å². The van der Waals surface area contributed by atoms with Crippen LogP contribution in [0.4, 0.5) is 0 Å². The van der Waals surface area contributed by atoms with Gasteiger partial charge in [0.1, 0.15) is 18.3 Å². The van der Waals surface area contributed by atoms with Crippen molar-refractivity contribution in [3.05, 3.63) is 24.3 Å². The molecule has 1 fully saturated rings. The summed E-state index contributed by atoms with van der Waals surface area (Å²) in [5.74, 6) is 1.30. The first-order valence-corrected chi connectivity index (χ1v) is 9.98. The third kappa shape index (κ3) is 2.95. The van der Waals surface area contributed by atoms with Crippen molar-refractivity contribution in [1.82, 2.24) is 39.6 Å². The molecule has 5 heterocycles. The van der Waals surface area contributed by atoms with Crippen molar-refractivity contribution in [2.75, 3.05) is 13.1 Å². The Morgan fingerprint density at radius 3 is 3.03 bits per heavy atom. The predicted octanol–water partition coefficient (Wildman–Crippen LogP) is 2.00. The van der Waals surface area contributed by atoms with E-state index < -0.39 is 0 Å². The molecule has 1 atom stereocenters. The van der Waals surface area contributed by atoms with E-state index in [1.165, 1.54) is 6.33 Å². The van der Waals surface area contributed by atoms with Crippen molar-refractivity contribution < 1.29 is 9.53 Å². The minimum absolute atomic E-state index is 0.101. The number of aromatic nitrogens is 7. The van der Waals surface area contributed by atoms with Crippen molar-refractivity contribution in [2.24, 2.45) is 7.05 Å². The van der Waals surface area contributed by atoms with Crippen LogP contribution in [0.15, 0.2) is 18.6 Å². The summed E-state index contributed by atoms with van der Waals surface area (Å²) in [7, 11) is 1.91. The predicted molar refractivity (Wildman–Crippen MR) is 110 cm³/mol. The number of rotatable bonds is 4. The Bertz CT molecular complexity index is 1260. The molecular formula is C20H22N8O2. The van der Waals surface area contributed by atoms with Crippen LogP contribution >= 0.6 is 0 Å². The molecule has 1 aliphatic heterocycles. The van der Waals surface area contributed by atoms with Crippen molar-refractivity contribution in [3.63, 3.8) is 0 Å². The molecule has 0 bridgehead atoms. The largest absolute Gasteiger partial charge is 0.471 e. The molecule has 10 nitrogen and oxygen atoms in total. The number of aryl methyl sites for hydroxylation is 2. The van der Waals surface area contributed by atoms with Crippen LogP contribution < -0.4 is 4.74 Å². The molecule has 154 valence electrons. The van der Waals surface area contributed by atoms with E-state index >= 15 is 0 Å². The van der Waals surface area contributed by atoms with E-state index in [1.54, 1.807) is 6.20 Å². The standard InChI is InChI=1S/C20H22N8O2/c1-4-15(29)28-6-5-13(9-28)30-20-16-19(22-10-23-20)27(3)18(24-16)12-7-14-11(2)25-26-17(14)21-8-12/h7-8,10,13H,4-6,9H2,1-3H3,(H,21,25,26). The van der Waals surface area contributed by atoms with Crippen LogP contribution in [0.25, 0.3) is 33.6 Å². The topological polar surface area (TPSA) is 115 Å². The van der Waals surface area contributed by atoms with Gasteiger partial charge in [0, 0.05) is 43.6 Å². The molecule has 30 heavy (non-hydrogen) atoms. The summed E-state index contributed by atoms with van der Waals surface area (Å²) in [5, 5.41) is 8.07. The maximum absolute atomic E-state index is 11.9. The Morgan fingerprint density at radius 1 is 1.33 bits per heavy atom. The fourth-order valence-electron chi connectivity index (χ4n) is 3.90. The zero-order chi connectivity index (χ0) is 20.8. The van der Waals surface area contributed by atoms with Crippen LogP contribution in [0.1, 0.15) is 25.5 Å². The summed E-state index contributed by atoms with van der Waals surface area (Å²) < 4.78 is 8.05. The van der Waals surface area contributed by atoms with Crippen molar-refractivity contribution in [1.29, 1.82) is 0 Å². The Balaban J connectivity index is 1.50. The molecule has 0 spiro atoms. The normalized spacial score (nSPS) is 16.6. The lowest BCUT2D eigenvalue weighted by Gasteiger charge is -2.16. The number of hydrogen-bond donors (Lipinski definition) is 1. The third-order valence-electron chi connectivity index (χ3n) is 5.57. The van der Waals surface area contributed by atoms with Gasteiger partial charge in [-0.1, -0.05) is 6.92 Å². The molecule has 1 unspecified atom stereocenters. The second kappa shape index (κ2) is 7.05. The van der Waals surface area contributed by atoms with Crippen LogP contribution in [0.5, 0.6) is 5.88 Å². The van der Waals surface area contributed by atoms with Crippen LogP contribution in [-0.4, -0.2) is 64.7 Å². The van der Waals surface area contributed by atoms with Gasteiger partial charge in [-0.25, -0.2) is 15.0 Å². The number of fused-ring (bicyclic) bond motifs is 2. The van der Waals surface area contributed by atoms with Crippen molar-refractivity contribution >= 4 is 28.1 Å². The third-order valence-corrected chi connectivity index (χ3v) is 5.57. The first-order chi connectivity index (χ1) is 14.5. The zero-order valence-corrected chi connectivity index (χ0v) is 17.1. The number of amides is 1. The minimum atomic E-state index is -0.101. The Morgan fingerprint density at radius 2 is 2.20 bits per heavy atom. The summed E-state index contributed by atoms with van der Waals surface area (Å²) in [6.07, 6.45) is 4.42. The molecule has 4 aromatic heterocycles. The number of aromatic amines is 1. The number of carbonyl (C=O) groups excluding carboxylic acids is 1. The lowest BCUT2D eigenvalue weighted by molar-refractivity contribution is -0.130. The van der Waals surface area contributed by atoms with Gasteiger partial charge in [0.2, 0.25) is 11.8 Å². The van der Waals surface area contributed by atoms with E-state index in [9.17, 15) is 4.79 Å². The van der Waals surface area contributed by atoms with E-state index in [-0.39, 0.29) is 12.0 Å². The molecule has 1 aliphatic rings. The minimum Gasteiger partial charge on any atom is -0.471 e. The number of imidazole rings is 1. The molecule has 1 amide bonds. The molecule has 10 heteroatoms. The SMILES string of the molecule is CCC(=O)N1CCC(Oc2ncnc3c2nc(-c2cnc4[nH]nc(C)c4c2)n3C)C1. The second-order valence-electron chi connectivity index (χ2n) is 7.50. The first kappa shape index (κ1) is 18.5. The Hall–Kier alpha value is -3.56. The van der Waals surface area contributed by atoms with Gasteiger partial charge in [0.15, 0.2) is 16.8 Å². The summed E-state index contributed by atoms with van der Waals surface area (Å²) >= 11 is 0. The molecule has 5 rings (SSSR count). The summed E-state index contributed by atoms with van der Waals surface area (Å²) in [6.45, 7) is 5.08. The fraction of sp³-hybridized carbons (Fsp3) is 0.400. The van der Waals surface area contributed by atoms with Gasteiger partial charge in [-0.2, -0.15) is 10.1 Å². The average Bonchev–Trinajstić information content (AvgIpc) is 3.46. The molecule has 0 radical (unpaired) electrons. The monoisotopic (exact) mass is 406 g/mol. The smallest absolute Gasteiger partial charge is 0.245 e. The van der Waals surface area contributed by atoms with Gasteiger partial charge in [-0.15, -0.1) is 0 Å². The lowest BCUT2D eigenvalue weighted by atomic mass is 10.2. The number of H-pyrrole nitrogens is 1. The van der Waals surface area contributed by atoms with Crippen molar-refractivity contribution in [3.8, 4) is 17.3 Å². The van der Waals surface area contributed by atoms with E-state index in [1.807, 2.05) is 36.4 Å². The maximum Gasteiger partial charge on any atom is 0.245 e. The van der Waals surface area contributed by atoms with Crippen molar-refractivity contribution in [2.45, 2.75) is 32.8 Å². The van der Waals surface area contributed by atoms with E-state index in [2.05, 4.69) is 25.1 Å². The average molecular weight is 406 g/mol. The highest BCUT2D eigenvalue weighted by Crippen LogP contribution is 2.29. The van der Waals surface area contributed by atoms with Crippen LogP contribution in [0.2, 0.25) is 0 Å². The van der Waals surface area contributed by atoms with Gasteiger partial charge in [-0.3, -0.25) is 9.89 Å².